The number of hydrogen-bond donors (Lipinski definition) is 0. The Kier molecular flexibility index (Phi) is 6.02. The number of aryl methyl sites for hydroxylation is 1. The number of aldehydes is 1. The topological polar surface area (TPSA) is 48.4 Å². The van der Waals surface area contributed by atoms with Crippen LogP contribution in [0.5, 0.6) is 11.6 Å². The highest BCUT2D eigenvalue weighted by Crippen LogP contribution is 2.39. The van der Waals surface area contributed by atoms with Gasteiger partial charge < -0.3 is 9.47 Å². The van der Waals surface area contributed by atoms with Gasteiger partial charge in [-0.3, -0.25) is 4.79 Å². The fraction of sp³-hybridized carbons (Fsp3) is 0.280. The molecule has 29 heavy (non-hydrogen) atoms. The fourth-order valence-corrected chi connectivity index (χ4v) is 3.27. The minimum Gasteiger partial charge on any atom is -0.496 e. The summed E-state index contributed by atoms with van der Waals surface area (Å²) in [5, 5.41) is 0. The number of methoxy groups -OCH3 is 1. The van der Waals surface area contributed by atoms with Gasteiger partial charge in [-0.05, 0) is 47.7 Å². The maximum absolute atomic E-state index is 11.8. The number of ether oxygens (including phenoxy) is 2. The Morgan fingerprint density at radius 2 is 1.76 bits per heavy atom. The number of rotatable bonds is 6. The summed E-state index contributed by atoms with van der Waals surface area (Å²) in [4.78, 5) is 16.4. The van der Waals surface area contributed by atoms with Crippen LogP contribution in [0.25, 0.3) is 11.1 Å². The van der Waals surface area contributed by atoms with Crippen molar-refractivity contribution in [3.8, 4) is 22.8 Å². The average Bonchev–Trinajstić information content (AvgIpc) is 2.71. The van der Waals surface area contributed by atoms with E-state index in [1.165, 1.54) is 0 Å². The minimum atomic E-state index is -0.192. The molecular weight excluding hydrogens is 362 g/mol. The van der Waals surface area contributed by atoms with Crippen LogP contribution in [-0.4, -0.2) is 18.4 Å². The number of benzene rings is 2. The molecule has 0 aliphatic rings. The predicted molar refractivity (Wildman–Crippen MR) is 116 cm³/mol. The van der Waals surface area contributed by atoms with Crippen molar-refractivity contribution in [2.75, 3.05) is 7.11 Å². The standard InChI is InChI=1S/C25H27NO3/c1-17-11-12-21(24(26-17)29-16-18-9-7-6-8-10-18)19-13-20(15-27)23(28-5)22(14-19)25(2,3)4/h6-15H,16H2,1-5H3. The number of aromatic nitrogens is 1. The van der Waals surface area contributed by atoms with Gasteiger partial charge in [-0.2, -0.15) is 0 Å². The van der Waals surface area contributed by atoms with E-state index in [0.717, 1.165) is 34.2 Å². The van der Waals surface area contributed by atoms with Gasteiger partial charge in [0.25, 0.3) is 0 Å². The van der Waals surface area contributed by atoms with Crippen LogP contribution in [0.1, 0.15) is 48.0 Å². The molecule has 3 aromatic rings. The van der Waals surface area contributed by atoms with Gasteiger partial charge in [-0.25, -0.2) is 4.98 Å². The van der Waals surface area contributed by atoms with Crippen molar-refractivity contribution >= 4 is 6.29 Å². The highest BCUT2D eigenvalue weighted by atomic mass is 16.5. The van der Waals surface area contributed by atoms with Crippen molar-refractivity contribution in [2.45, 2.75) is 39.7 Å². The maximum atomic E-state index is 11.8. The van der Waals surface area contributed by atoms with Crippen LogP contribution in [0.4, 0.5) is 0 Å². The number of carbonyl (C=O) groups excluding carboxylic acids is 1. The third-order valence-electron chi connectivity index (χ3n) is 4.79. The SMILES string of the molecule is COc1c(C=O)cc(-c2ccc(C)nc2OCc2ccccc2)cc1C(C)(C)C. The van der Waals surface area contributed by atoms with Crippen molar-refractivity contribution in [1.82, 2.24) is 4.98 Å². The van der Waals surface area contributed by atoms with Gasteiger partial charge >= 0.3 is 0 Å². The van der Waals surface area contributed by atoms with E-state index in [9.17, 15) is 4.79 Å². The Hall–Kier alpha value is -3.14. The largest absolute Gasteiger partial charge is 0.496 e. The first kappa shape index (κ1) is 20.6. The highest BCUT2D eigenvalue weighted by molar-refractivity contribution is 5.85. The maximum Gasteiger partial charge on any atom is 0.221 e. The minimum absolute atomic E-state index is 0.192. The lowest BCUT2D eigenvalue weighted by Gasteiger charge is -2.24. The van der Waals surface area contributed by atoms with Gasteiger partial charge in [0, 0.05) is 16.8 Å². The molecule has 4 heteroatoms. The van der Waals surface area contributed by atoms with Crippen LogP contribution >= 0.6 is 0 Å². The summed E-state index contributed by atoms with van der Waals surface area (Å²) in [7, 11) is 1.60. The zero-order chi connectivity index (χ0) is 21.0. The molecule has 1 aromatic heterocycles. The van der Waals surface area contributed by atoms with Crippen LogP contribution in [0.2, 0.25) is 0 Å². The lowest BCUT2D eigenvalue weighted by molar-refractivity contribution is 0.112. The van der Waals surface area contributed by atoms with Crippen molar-refractivity contribution in [2.24, 2.45) is 0 Å². The quantitative estimate of drug-likeness (QED) is 0.503. The van der Waals surface area contributed by atoms with Gasteiger partial charge in [0.2, 0.25) is 5.88 Å². The molecule has 0 saturated carbocycles. The van der Waals surface area contributed by atoms with Gasteiger partial charge in [0.1, 0.15) is 12.4 Å². The number of pyridine rings is 1. The van der Waals surface area contributed by atoms with E-state index < -0.39 is 0 Å². The van der Waals surface area contributed by atoms with Crippen LogP contribution in [0, 0.1) is 6.92 Å². The Balaban J connectivity index is 2.09. The first-order valence-corrected chi connectivity index (χ1v) is 9.66. The van der Waals surface area contributed by atoms with Crippen molar-refractivity contribution in [3.05, 3.63) is 77.0 Å². The number of nitrogens with zero attached hydrogens (tertiary/aromatic N) is 1. The van der Waals surface area contributed by atoms with E-state index in [1.807, 2.05) is 55.5 Å². The highest BCUT2D eigenvalue weighted by Gasteiger charge is 2.23. The molecule has 0 amide bonds. The molecule has 0 fully saturated rings. The molecule has 0 aliphatic carbocycles. The molecule has 0 saturated heterocycles. The third-order valence-corrected chi connectivity index (χ3v) is 4.79. The van der Waals surface area contributed by atoms with E-state index >= 15 is 0 Å². The summed E-state index contributed by atoms with van der Waals surface area (Å²) in [6, 6.07) is 17.8. The molecule has 0 radical (unpaired) electrons. The summed E-state index contributed by atoms with van der Waals surface area (Å²) in [5.74, 6) is 1.17. The van der Waals surface area contributed by atoms with E-state index in [2.05, 4.69) is 31.8 Å². The van der Waals surface area contributed by atoms with Crippen molar-refractivity contribution in [3.63, 3.8) is 0 Å². The molecule has 150 valence electrons. The zero-order valence-corrected chi connectivity index (χ0v) is 17.7. The molecule has 3 rings (SSSR count). The lowest BCUT2D eigenvalue weighted by atomic mass is 9.83. The number of carbonyl (C=O) groups is 1. The predicted octanol–water partition coefficient (Wildman–Crippen LogP) is 5.75. The van der Waals surface area contributed by atoms with Gasteiger partial charge in [0.15, 0.2) is 6.29 Å². The molecule has 0 N–H and O–H groups in total. The van der Waals surface area contributed by atoms with Crippen LogP contribution in [-0.2, 0) is 12.0 Å². The molecule has 4 nitrogen and oxygen atoms in total. The summed E-state index contributed by atoms with van der Waals surface area (Å²) in [5.41, 5.74) is 4.97. The molecule has 2 aromatic carbocycles. The van der Waals surface area contributed by atoms with Crippen LogP contribution in [0.15, 0.2) is 54.6 Å². The van der Waals surface area contributed by atoms with Gasteiger partial charge in [0.05, 0.1) is 12.7 Å². The second-order valence-corrected chi connectivity index (χ2v) is 8.09. The second kappa shape index (κ2) is 8.48. The van der Waals surface area contributed by atoms with E-state index in [0.29, 0.717) is 23.8 Å². The monoisotopic (exact) mass is 389 g/mol. The lowest BCUT2D eigenvalue weighted by Crippen LogP contribution is -2.14. The Bertz CT molecular complexity index is 1000. The Morgan fingerprint density at radius 3 is 2.38 bits per heavy atom. The van der Waals surface area contributed by atoms with E-state index in [4.69, 9.17) is 9.47 Å². The smallest absolute Gasteiger partial charge is 0.221 e. The molecular formula is C25H27NO3. The molecule has 1 heterocycles. The molecule has 0 spiro atoms. The molecule has 0 atom stereocenters. The Morgan fingerprint density at radius 1 is 1.03 bits per heavy atom. The molecule has 0 unspecified atom stereocenters. The second-order valence-electron chi connectivity index (χ2n) is 8.09. The fourth-order valence-electron chi connectivity index (χ4n) is 3.27. The molecule has 0 bridgehead atoms. The first-order valence-electron chi connectivity index (χ1n) is 9.66. The summed E-state index contributed by atoms with van der Waals surface area (Å²) >= 11 is 0. The Labute approximate surface area is 172 Å². The van der Waals surface area contributed by atoms with Crippen LogP contribution in [0.3, 0.4) is 0 Å². The third kappa shape index (κ3) is 4.65. The summed E-state index contributed by atoms with van der Waals surface area (Å²) in [6.07, 6.45) is 0.837. The summed E-state index contributed by atoms with van der Waals surface area (Å²) < 4.78 is 11.6. The average molecular weight is 389 g/mol. The normalized spacial score (nSPS) is 11.2. The van der Waals surface area contributed by atoms with Gasteiger partial charge in [-0.15, -0.1) is 0 Å². The number of hydrogen-bond acceptors (Lipinski definition) is 4. The van der Waals surface area contributed by atoms with Gasteiger partial charge in [-0.1, -0.05) is 51.1 Å². The summed E-state index contributed by atoms with van der Waals surface area (Å²) in [6.45, 7) is 8.66. The molecule has 0 aliphatic heterocycles. The van der Waals surface area contributed by atoms with Crippen molar-refractivity contribution in [1.29, 1.82) is 0 Å². The first-order chi connectivity index (χ1) is 13.8. The zero-order valence-electron chi connectivity index (χ0n) is 17.7. The van der Waals surface area contributed by atoms with E-state index in [1.54, 1.807) is 7.11 Å². The van der Waals surface area contributed by atoms with E-state index in [-0.39, 0.29) is 5.41 Å². The van der Waals surface area contributed by atoms with Crippen molar-refractivity contribution < 1.29 is 14.3 Å². The van der Waals surface area contributed by atoms with Crippen LogP contribution < -0.4 is 9.47 Å².